The Hall–Kier alpha value is -2.08. The van der Waals surface area contributed by atoms with Crippen molar-refractivity contribution in [2.45, 2.75) is 63.6 Å². The summed E-state index contributed by atoms with van der Waals surface area (Å²) in [6.07, 6.45) is 10.1. The van der Waals surface area contributed by atoms with Gasteiger partial charge in [0.15, 0.2) is 5.16 Å². The van der Waals surface area contributed by atoms with Crippen molar-refractivity contribution in [3.8, 4) is 0 Å². The number of allylic oxidation sites excluding steroid dienone is 2. The zero-order valence-electron chi connectivity index (χ0n) is 17.8. The van der Waals surface area contributed by atoms with Gasteiger partial charge in [-0.15, -0.1) is 0 Å². The first kappa shape index (κ1) is 21.2. The molecule has 1 aliphatic heterocycles. The molecule has 30 heavy (non-hydrogen) atoms. The van der Waals surface area contributed by atoms with Crippen molar-refractivity contribution >= 4 is 28.6 Å². The third kappa shape index (κ3) is 4.97. The molecule has 1 saturated heterocycles. The fourth-order valence-electron chi connectivity index (χ4n) is 4.32. The number of piperidine rings is 1. The summed E-state index contributed by atoms with van der Waals surface area (Å²) in [5.74, 6) is 1.18. The molecule has 0 unspecified atom stereocenters. The highest BCUT2D eigenvalue weighted by atomic mass is 32.2. The van der Waals surface area contributed by atoms with E-state index in [1.54, 1.807) is 4.57 Å². The lowest BCUT2D eigenvalue weighted by Crippen LogP contribution is -2.39. The highest BCUT2D eigenvalue weighted by molar-refractivity contribution is 7.99. The second kappa shape index (κ2) is 9.82. The number of carbonyl (C=O) groups is 1. The molecule has 0 radical (unpaired) electrons. The van der Waals surface area contributed by atoms with Gasteiger partial charge in [-0.05, 0) is 63.0 Å². The summed E-state index contributed by atoms with van der Waals surface area (Å²) in [5, 5.41) is 1.31. The van der Waals surface area contributed by atoms with Crippen LogP contribution in [-0.4, -0.2) is 39.2 Å². The summed E-state index contributed by atoms with van der Waals surface area (Å²) < 4.78 is 1.79. The van der Waals surface area contributed by atoms with Crippen LogP contribution in [0.15, 0.2) is 45.9 Å². The molecule has 2 heterocycles. The van der Waals surface area contributed by atoms with Crippen LogP contribution in [0.4, 0.5) is 0 Å². The van der Waals surface area contributed by atoms with Crippen molar-refractivity contribution in [3.63, 3.8) is 0 Å². The van der Waals surface area contributed by atoms with E-state index in [2.05, 4.69) is 13.0 Å². The molecule has 1 amide bonds. The number of thioether (sulfide) groups is 1. The van der Waals surface area contributed by atoms with E-state index >= 15 is 0 Å². The second-order valence-electron chi connectivity index (χ2n) is 8.58. The SMILES string of the molecule is CC1CCN(C(=O)CSc2nc3ccccc3c(=O)n2CCC2=CCCCC2)CC1. The monoisotopic (exact) mass is 425 g/mol. The molecule has 1 aromatic carbocycles. The average molecular weight is 426 g/mol. The summed E-state index contributed by atoms with van der Waals surface area (Å²) >= 11 is 1.41. The van der Waals surface area contributed by atoms with Crippen molar-refractivity contribution in [1.82, 2.24) is 14.5 Å². The summed E-state index contributed by atoms with van der Waals surface area (Å²) in [6, 6.07) is 7.51. The van der Waals surface area contributed by atoms with Crippen molar-refractivity contribution in [3.05, 3.63) is 46.3 Å². The number of hydrogen-bond acceptors (Lipinski definition) is 4. The van der Waals surface area contributed by atoms with E-state index in [4.69, 9.17) is 4.98 Å². The fraction of sp³-hybridized carbons (Fsp3) is 0.542. The molecule has 0 bridgehead atoms. The maximum atomic E-state index is 13.2. The number of benzene rings is 1. The van der Waals surface area contributed by atoms with Crippen LogP contribution in [0, 0.1) is 5.92 Å². The van der Waals surface area contributed by atoms with Gasteiger partial charge >= 0.3 is 0 Å². The molecule has 5 nitrogen and oxygen atoms in total. The van der Waals surface area contributed by atoms with E-state index in [0.29, 0.717) is 34.3 Å². The molecular weight excluding hydrogens is 394 g/mol. The van der Waals surface area contributed by atoms with E-state index in [1.165, 1.54) is 30.2 Å². The lowest BCUT2D eigenvalue weighted by atomic mass is 9.97. The smallest absolute Gasteiger partial charge is 0.262 e. The van der Waals surface area contributed by atoms with Crippen molar-refractivity contribution < 1.29 is 4.79 Å². The van der Waals surface area contributed by atoms with E-state index in [0.717, 1.165) is 45.2 Å². The predicted octanol–water partition coefficient (Wildman–Crippen LogP) is 4.64. The Bertz CT molecular complexity index is 990. The van der Waals surface area contributed by atoms with Gasteiger partial charge in [-0.2, -0.15) is 0 Å². The maximum Gasteiger partial charge on any atom is 0.262 e. The van der Waals surface area contributed by atoms with Gasteiger partial charge in [0.2, 0.25) is 5.91 Å². The van der Waals surface area contributed by atoms with Crippen molar-refractivity contribution in [2.24, 2.45) is 5.92 Å². The van der Waals surface area contributed by atoms with Gasteiger partial charge in [-0.25, -0.2) is 4.98 Å². The molecule has 0 atom stereocenters. The fourth-order valence-corrected chi connectivity index (χ4v) is 5.25. The number of aromatic nitrogens is 2. The highest BCUT2D eigenvalue weighted by Crippen LogP contribution is 2.24. The van der Waals surface area contributed by atoms with E-state index in [9.17, 15) is 9.59 Å². The lowest BCUT2D eigenvalue weighted by molar-refractivity contribution is -0.129. The van der Waals surface area contributed by atoms with Gasteiger partial charge in [0.1, 0.15) is 0 Å². The zero-order valence-corrected chi connectivity index (χ0v) is 18.6. The molecule has 0 saturated carbocycles. The van der Waals surface area contributed by atoms with Crippen LogP contribution < -0.4 is 5.56 Å². The first-order valence-corrected chi connectivity index (χ1v) is 12.2. The molecule has 1 aliphatic carbocycles. The Morgan fingerprint density at radius 1 is 1.20 bits per heavy atom. The number of rotatable bonds is 6. The quantitative estimate of drug-likeness (QED) is 0.384. The largest absolute Gasteiger partial charge is 0.342 e. The van der Waals surface area contributed by atoms with Crippen LogP contribution in [0.3, 0.4) is 0 Å². The summed E-state index contributed by atoms with van der Waals surface area (Å²) in [6.45, 7) is 4.55. The Kier molecular flexibility index (Phi) is 6.93. The summed E-state index contributed by atoms with van der Waals surface area (Å²) in [7, 11) is 0. The van der Waals surface area contributed by atoms with Crippen LogP contribution in [0.2, 0.25) is 0 Å². The van der Waals surface area contributed by atoms with Gasteiger partial charge in [0.25, 0.3) is 5.56 Å². The van der Waals surface area contributed by atoms with Gasteiger partial charge in [-0.3, -0.25) is 14.2 Å². The van der Waals surface area contributed by atoms with E-state index < -0.39 is 0 Å². The van der Waals surface area contributed by atoms with Crippen molar-refractivity contribution in [2.75, 3.05) is 18.8 Å². The molecule has 6 heteroatoms. The third-order valence-electron chi connectivity index (χ3n) is 6.33. The van der Waals surface area contributed by atoms with Crippen molar-refractivity contribution in [1.29, 1.82) is 0 Å². The lowest BCUT2D eigenvalue weighted by Gasteiger charge is -2.30. The first-order valence-electron chi connectivity index (χ1n) is 11.2. The third-order valence-corrected chi connectivity index (χ3v) is 7.29. The normalized spacial score (nSPS) is 17.9. The number of amides is 1. The Balaban J connectivity index is 1.53. The molecule has 2 aliphatic rings. The number of nitrogens with zero attached hydrogens (tertiary/aromatic N) is 3. The highest BCUT2D eigenvalue weighted by Gasteiger charge is 2.21. The van der Waals surface area contributed by atoms with Crippen LogP contribution in [0.5, 0.6) is 0 Å². The summed E-state index contributed by atoms with van der Waals surface area (Å²) in [4.78, 5) is 32.6. The van der Waals surface area contributed by atoms with Crippen LogP contribution >= 0.6 is 11.8 Å². The molecular formula is C24H31N3O2S. The minimum absolute atomic E-state index is 0.00115. The maximum absolute atomic E-state index is 13.2. The van der Waals surface area contributed by atoms with Gasteiger partial charge in [-0.1, -0.05) is 42.5 Å². The van der Waals surface area contributed by atoms with Crippen LogP contribution in [0.25, 0.3) is 10.9 Å². The van der Waals surface area contributed by atoms with E-state index in [-0.39, 0.29) is 11.5 Å². The van der Waals surface area contributed by atoms with E-state index in [1.807, 2.05) is 29.2 Å². The van der Waals surface area contributed by atoms with Gasteiger partial charge in [0.05, 0.1) is 16.7 Å². The second-order valence-corrected chi connectivity index (χ2v) is 9.52. The predicted molar refractivity (Wildman–Crippen MR) is 123 cm³/mol. The van der Waals surface area contributed by atoms with Gasteiger partial charge < -0.3 is 4.90 Å². The number of carbonyl (C=O) groups excluding carboxylic acids is 1. The molecule has 2 aromatic rings. The zero-order chi connectivity index (χ0) is 20.9. The Labute approximate surface area is 182 Å². The topological polar surface area (TPSA) is 55.2 Å². The average Bonchev–Trinajstić information content (AvgIpc) is 2.78. The number of hydrogen-bond donors (Lipinski definition) is 0. The molecule has 160 valence electrons. The molecule has 1 fully saturated rings. The molecule has 0 spiro atoms. The Morgan fingerprint density at radius 3 is 2.77 bits per heavy atom. The summed E-state index contributed by atoms with van der Waals surface area (Å²) in [5.41, 5.74) is 2.15. The molecule has 0 N–H and O–H groups in total. The first-order chi connectivity index (χ1) is 14.6. The molecule has 1 aromatic heterocycles. The Morgan fingerprint density at radius 2 is 2.00 bits per heavy atom. The minimum Gasteiger partial charge on any atom is -0.342 e. The standard InChI is InChI=1S/C24H31N3O2S/c1-18-11-14-26(15-12-18)22(28)17-30-24-25-21-10-6-5-9-20(21)23(29)27(24)16-13-19-7-3-2-4-8-19/h5-7,9-10,18H,2-4,8,11-17H2,1H3. The van der Waals surface area contributed by atoms with Gasteiger partial charge in [0, 0.05) is 19.6 Å². The molecule has 4 rings (SSSR count). The number of likely N-dealkylation sites (tertiary alicyclic amines) is 1. The van der Waals surface area contributed by atoms with Crippen LogP contribution in [0.1, 0.15) is 51.9 Å². The minimum atomic E-state index is -0.00115. The number of para-hydroxylation sites is 1. The van der Waals surface area contributed by atoms with Crippen LogP contribution in [-0.2, 0) is 11.3 Å². The number of fused-ring (bicyclic) bond motifs is 1.